The summed E-state index contributed by atoms with van der Waals surface area (Å²) in [6.45, 7) is 11.3. The first-order valence-corrected chi connectivity index (χ1v) is 11.1. The quantitative estimate of drug-likeness (QED) is 0.313. The van der Waals surface area contributed by atoms with Crippen LogP contribution in [0.3, 0.4) is 0 Å². The largest absolute Gasteiger partial charge is 0.439 e. The monoisotopic (exact) mass is 453 g/mol. The molecule has 1 heterocycles. The van der Waals surface area contributed by atoms with Crippen LogP contribution in [0.1, 0.15) is 25.1 Å². The predicted molar refractivity (Wildman–Crippen MR) is 127 cm³/mol. The van der Waals surface area contributed by atoms with E-state index in [0.29, 0.717) is 31.3 Å². The van der Waals surface area contributed by atoms with Gasteiger partial charge in [-0.05, 0) is 57.2 Å². The van der Waals surface area contributed by atoms with Crippen LogP contribution in [0.2, 0.25) is 0 Å². The number of rotatable bonds is 12. The van der Waals surface area contributed by atoms with E-state index in [4.69, 9.17) is 14.6 Å². The number of nitrogens with zero attached hydrogens (tertiary/aromatic N) is 3. The zero-order valence-electron chi connectivity index (χ0n) is 19.4. The van der Waals surface area contributed by atoms with Crippen molar-refractivity contribution in [3.63, 3.8) is 0 Å². The fourth-order valence-corrected chi connectivity index (χ4v) is 3.46. The van der Waals surface area contributed by atoms with Crippen molar-refractivity contribution in [1.82, 2.24) is 14.7 Å². The van der Waals surface area contributed by atoms with Gasteiger partial charge in [0.1, 0.15) is 11.6 Å². The van der Waals surface area contributed by atoms with Gasteiger partial charge in [-0.25, -0.2) is 9.07 Å². The molecule has 0 bridgehead atoms. The van der Waals surface area contributed by atoms with Gasteiger partial charge in [0.2, 0.25) is 5.88 Å². The van der Waals surface area contributed by atoms with Crippen LogP contribution in [0.4, 0.5) is 4.39 Å². The maximum absolute atomic E-state index is 13.4. The molecular formula is C26H32FN3O3. The summed E-state index contributed by atoms with van der Waals surface area (Å²) in [6.07, 6.45) is 1.02. The lowest BCUT2D eigenvalue weighted by Gasteiger charge is -2.29. The van der Waals surface area contributed by atoms with E-state index in [1.807, 2.05) is 37.3 Å². The molecule has 0 aliphatic rings. The Kier molecular flexibility index (Phi) is 8.77. The Labute approximate surface area is 194 Å². The molecule has 0 unspecified atom stereocenters. The third-order valence-corrected chi connectivity index (χ3v) is 5.25. The van der Waals surface area contributed by atoms with Crippen LogP contribution in [0.15, 0.2) is 67.3 Å². The molecule has 6 nitrogen and oxygen atoms in total. The minimum atomic E-state index is -0.640. The average molecular weight is 454 g/mol. The minimum Gasteiger partial charge on any atom is -0.439 e. The molecule has 1 N–H and O–H groups in total. The number of benzene rings is 2. The molecule has 0 amide bonds. The van der Waals surface area contributed by atoms with Crippen molar-refractivity contribution in [3.05, 3.63) is 84.3 Å². The molecule has 3 rings (SSSR count). The number of halogens is 1. The summed E-state index contributed by atoms with van der Waals surface area (Å²) in [7, 11) is 0. The third-order valence-electron chi connectivity index (χ3n) is 5.25. The van der Waals surface area contributed by atoms with E-state index in [9.17, 15) is 9.50 Å². The summed E-state index contributed by atoms with van der Waals surface area (Å²) in [5.74, 6) is 0.756. The number of aliphatic hydroxyl groups is 1. The predicted octanol–water partition coefficient (Wildman–Crippen LogP) is 4.89. The second kappa shape index (κ2) is 11.7. The van der Waals surface area contributed by atoms with Crippen molar-refractivity contribution >= 4 is 0 Å². The smallest absolute Gasteiger partial charge is 0.227 e. The van der Waals surface area contributed by atoms with Gasteiger partial charge in [-0.3, -0.25) is 4.90 Å². The highest BCUT2D eigenvalue weighted by Crippen LogP contribution is 2.32. The summed E-state index contributed by atoms with van der Waals surface area (Å²) in [6, 6.07) is 15.8. The van der Waals surface area contributed by atoms with Crippen molar-refractivity contribution in [2.45, 2.75) is 39.5 Å². The Morgan fingerprint density at radius 2 is 1.85 bits per heavy atom. The van der Waals surface area contributed by atoms with E-state index < -0.39 is 6.10 Å². The molecule has 0 saturated heterocycles. The number of aromatic nitrogens is 2. The normalized spacial score (nSPS) is 12.3. The van der Waals surface area contributed by atoms with Gasteiger partial charge in [0.25, 0.3) is 0 Å². The highest BCUT2D eigenvalue weighted by molar-refractivity contribution is 5.43. The van der Waals surface area contributed by atoms with Gasteiger partial charge in [0.15, 0.2) is 0 Å². The van der Waals surface area contributed by atoms with Gasteiger partial charge in [-0.15, -0.1) is 6.58 Å². The Morgan fingerprint density at radius 1 is 1.15 bits per heavy atom. The summed E-state index contributed by atoms with van der Waals surface area (Å²) in [4.78, 5) is 2.15. The molecule has 0 saturated carbocycles. The molecule has 0 spiro atoms. The van der Waals surface area contributed by atoms with E-state index in [-0.39, 0.29) is 18.5 Å². The summed E-state index contributed by atoms with van der Waals surface area (Å²) < 4.78 is 26.8. The summed E-state index contributed by atoms with van der Waals surface area (Å²) in [5.41, 5.74) is 2.58. The number of hydrogen-bond acceptors (Lipinski definition) is 5. The molecule has 0 radical (unpaired) electrons. The van der Waals surface area contributed by atoms with Crippen LogP contribution in [0, 0.1) is 12.7 Å². The maximum atomic E-state index is 13.4. The Morgan fingerprint density at radius 3 is 2.48 bits per heavy atom. The van der Waals surface area contributed by atoms with E-state index in [1.165, 1.54) is 12.1 Å². The molecule has 2 aromatic carbocycles. The van der Waals surface area contributed by atoms with Crippen molar-refractivity contribution in [2.24, 2.45) is 0 Å². The summed E-state index contributed by atoms with van der Waals surface area (Å²) >= 11 is 0. The zero-order valence-corrected chi connectivity index (χ0v) is 19.4. The second-order valence-corrected chi connectivity index (χ2v) is 8.18. The molecule has 176 valence electrons. The van der Waals surface area contributed by atoms with Crippen LogP contribution < -0.4 is 4.74 Å². The van der Waals surface area contributed by atoms with Gasteiger partial charge in [-0.2, -0.15) is 5.10 Å². The molecular weight excluding hydrogens is 421 g/mol. The number of aliphatic hydroxyl groups excluding tert-OH is 1. The van der Waals surface area contributed by atoms with Gasteiger partial charge in [0.05, 0.1) is 36.3 Å². The maximum Gasteiger partial charge on any atom is 0.227 e. The SMILES string of the molecule is C=CCOC[C@@H](O)CN(Cc1c(C)nn(-c2ccccc2)c1Oc1ccc(F)cc1)C(C)C. The molecule has 1 aromatic heterocycles. The molecule has 0 fully saturated rings. The zero-order chi connectivity index (χ0) is 23.8. The standard InChI is InChI=1S/C26H32FN3O3/c1-5-15-32-18-23(31)16-29(19(2)3)17-25-20(4)28-30(22-9-7-6-8-10-22)26(25)33-24-13-11-21(27)12-14-24/h5-14,19,23,31H,1,15-18H2,2-4H3/t23-/m0/s1. The molecule has 0 aliphatic carbocycles. The van der Waals surface area contributed by atoms with Crippen LogP contribution in [0.5, 0.6) is 11.6 Å². The highest BCUT2D eigenvalue weighted by atomic mass is 19.1. The van der Waals surface area contributed by atoms with Crippen LogP contribution in [0.25, 0.3) is 5.69 Å². The van der Waals surface area contributed by atoms with Crippen LogP contribution >= 0.6 is 0 Å². The number of aryl methyl sites for hydroxylation is 1. The van der Waals surface area contributed by atoms with Crippen molar-refractivity contribution in [3.8, 4) is 17.3 Å². The van der Waals surface area contributed by atoms with Gasteiger partial charge < -0.3 is 14.6 Å². The van der Waals surface area contributed by atoms with E-state index in [1.54, 1.807) is 22.9 Å². The van der Waals surface area contributed by atoms with Gasteiger partial charge in [0, 0.05) is 19.1 Å². The first-order valence-electron chi connectivity index (χ1n) is 11.1. The Balaban J connectivity index is 1.92. The second-order valence-electron chi connectivity index (χ2n) is 8.18. The molecule has 7 heteroatoms. The lowest BCUT2D eigenvalue weighted by atomic mass is 10.2. The lowest BCUT2D eigenvalue weighted by Crippen LogP contribution is -2.39. The van der Waals surface area contributed by atoms with E-state index in [0.717, 1.165) is 16.9 Å². The summed E-state index contributed by atoms with van der Waals surface area (Å²) in [5, 5.41) is 15.2. The third kappa shape index (κ3) is 6.74. The van der Waals surface area contributed by atoms with Crippen LogP contribution in [-0.4, -0.2) is 51.7 Å². The number of para-hydroxylation sites is 1. The fraction of sp³-hybridized carbons (Fsp3) is 0.346. The van der Waals surface area contributed by atoms with Gasteiger partial charge >= 0.3 is 0 Å². The van der Waals surface area contributed by atoms with E-state index in [2.05, 4.69) is 25.3 Å². The topological polar surface area (TPSA) is 59.8 Å². The first kappa shape index (κ1) is 24.6. The average Bonchev–Trinajstić information content (AvgIpc) is 3.10. The van der Waals surface area contributed by atoms with Gasteiger partial charge in [-0.1, -0.05) is 24.3 Å². The fourth-order valence-electron chi connectivity index (χ4n) is 3.46. The Hall–Kier alpha value is -3.00. The molecule has 0 aliphatic heterocycles. The van der Waals surface area contributed by atoms with Crippen molar-refractivity contribution in [1.29, 1.82) is 0 Å². The van der Waals surface area contributed by atoms with Crippen molar-refractivity contribution in [2.75, 3.05) is 19.8 Å². The van der Waals surface area contributed by atoms with Crippen LogP contribution in [-0.2, 0) is 11.3 Å². The lowest BCUT2D eigenvalue weighted by molar-refractivity contribution is 0.0177. The molecule has 3 aromatic rings. The Bertz CT molecular complexity index is 1020. The highest BCUT2D eigenvalue weighted by Gasteiger charge is 2.24. The number of ether oxygens (including phenoxy) is 2. The van der Waals surface area contributed by atoms with E-state index >= 15 is 0 Å². The number of hydrogen-bond donors (Lipinski definition) is 1. The molecule has 1 atom stereocenters. The first-order chi connectivity index (χ1) is 15.9. The van der Waals surface area contributed by atoms with Crippen molar-refractivity contribution < 1.29 is 19.0 Å². The molecule has 33 heavy (non-hydrogen) atoms. The minimum absolute atomic E-state index is 0.164.